The summed E-state index contributed by atoms with van der Waals surface area (Å²) in [5, 5.41) is 0. The van der Waals surface area contributed by atoms with E-state index < -0.39 is 0 Å². The molecule has 0 amide bonds. The monoisotopic (exact) mass is 293 g/mol. The maximum atomic E-state index is 6.48. The first kappa shape index (κ1) is 14.5. The molecule has 3 heterocycles. The molecule has 1 aromatic heterocycles. The highest BCUT2D eigenvalue weighted by atomic mass is 32.1. The Morgan fingerprint density at radius 1 is 1.35 bits per heavy atom. The fraction of sp³-hybridized carbons (Fsp3) is 0.750. The number of hydrogen-bond donors (Lipinski definition) is 1. The lowest BCUT2D eigenvalue weighted by atomic mass is 10.0. The van der Waals surface area contributed by atoms with E-state index in [0.29, 0.717) is 6.04 Å². The van der Waals surface area contributed by atoms with Crippen molar-refractivity contribution in [3.8, 4) is 0 Å². The maximum Gasteiger partial charge on any atom is 0.0594 e. The fourth-order valence-electron chi connectivity index (χ4n) is 3.77. The molecule has 0 aromatic carbocycles. The lowest BCUT2D eigenvalue weighted by Gasteiger charge is -2.43. The van der Waals surface area contributed by atoms with Gasteiger partial charge in [-0.2, -0.15) is 0 Å². The van der Waals surface area contributed by atoms with Gasteiger partial charge >= 0.3 is 0 Å². The Morgan fingerprint density at radius 3 is 2.90 bits per heavy atom. The number of thiophene rings is 1. The third kappa shape index (κ3) is 2.80. The van der Waals surface area contributed by atoms with Crippen molar-refractivity contribution in [1.82, 2.24) is 9.80 Å². The fourth-order valence-corrected chi connectivity index (χ4v) is 4.85. The average molecular weight is 293 g/mol. The zero-order chi connectivity index (χ0) is 14.1. The SMILES string of the molecule is CCC(N)C(c1ccc(C)s1)N1CCN2CCCC2C1. The van der Waals surface area contributed by atoms with Gasteiger partial charge in [-0.25, -0.2) is 0 Å². The minimum atomic E-state index is 0.251. The van der Waals surface area contributed by atoms with Crippen LogP contribution in [0.1, 0.15) is 42.0 Å². The summed E-state index contributed by atoms with van der Waals surface area (Å²) in [4.78, 5) is 8.19. The van der Waals surface area contributed by atoms with Gasteiger partial charge in [-0.1, -0.05) is 6.92 Å². The Kier molecular flexibility index (Phi) is 4.46. The van der Waals surface area contributed by atoms with Crippen LogP contribution in [0.5, 0.6) is 0 Å². The molecule has 2 aliphatic rings. The molecule has 2 saturated heterocycles. The molecule has 3 atom stereocenters. The lowest BCUT2D eigenvalue weighted by molar-refractivity contribution is 0.0621. The van der Waals surface area contributed by atoms with Crippen LogP contribution in [0.4, 0.5) is 0 Å². The van der Waals surface area contributed by atoms with Crippen molar-refractivity contribution in [2.75, 3.05) is 26.2 Å². The second kappa shape index (κ2) is 6.14. The van der Waals surface area contributed by atoms with Crippen LogP contribution in [-0.4, -0.2) is 48.1 Å². The number of rotatable bonds is 4. The quantitative estimate of drug-likeness (QED) is 0.926. The third-order valence-electron chi connectivity index (χ3n) is 4.94. The highest BCUT2D eigenvalue weighted by molar-refractivity contribution is 7.12. The second-order valence-corrected chi connectivity index (χ2v) is 7.61. The van der Waals surface area contributed by atoms with Crippen LogP contribution >= 0.6 is 11.3 Å². The van der Waals surface area contributed by atoms with Crippen LogP contribution in [-0.2, 0) is 0 Å². The van der Waals surface area contributed by atoms with Gasteiger partial charge in [0.05, 0.1) is 6.04 Å². The van der Waals surface area contributed by atoms with Gasteiger partial charge in [0.1, 0.15) is 0 Å². The zero-order valence-corrected chi connectivity index (χ0v) is 13.5. The molecule has 0 aliphatic carbocycles. The maximum absolute atomic E-state index is 6.48. The number of fused-ring (bicyclic) bond motifs is 1. The van der Waals surface area contributed by atoms with Crippen LogP contribution in [0.15, 0.2) is 12.1 Å². The highest BCUT2D eigenvalue weighted by Crippen LogP contribution is 2.33. The first-order chi connectivity index (χ1) is 9.69. The molecular formula is C16H27N3S. The molecular weight excluding hydrogens is 266 g/mol. The lowest BCUT2D eigenvalue weighted by Crippen LogP contribution is -2.53. The summed E-state index contributed by atoms with van der Waals surface area (Å²) in [6, 6.07) is 5.97. The Balaban J connectivity index is 1.78. The van der Waals surface area contributed by atoms with E-state index in [1.54, 1.807) is 0 Å². The van der Waals surface area contributed by atoms with E-state index in [-0.39, 0.29) is 6.04 Å². The van der Waals surface area contributed by atoms with Crippen LogP contribution in [0.25, 0.3) is 0 Å². The smallest absolute Gasteiger partial charge is 0.0594 e. The van der Waals surface area contributed by atoms with Gasteiger partial charge < -0.3 is 5.73 Å². The third-order valence-corrected chi connectivity index (χ3v) is 6.01. The number of nitrogens with zero attached hydrogens (tertiary/aromatic N) is 2. The predicted molar refractivity (Wildman–Crippen MR) is 86.2 cm³/mol. The molecule has 1 aromatic rings. The molecule has 0 radical (unpaired) electrons. The summed E-state index contributed by atoms with van der Waals surface area (Å²) < 4.78 is 0. The molecule has 3 nitrogen and oxygen atoms in total. The van der Waals surface area contributed by atoms with Crippen LogP contribution in [0.3, 0.4) is 0 Å². The van der Waals surface area contributed by atoms with Gasteiger partial charge in [0.25, 0.3) is 0 Å². The minimum Gasteiger partial charge on any atom is -0.326 e. The van der Waals surface area contributed by atoms with Gasteiger partial charge in [-0.15, -0.1) is 11.3 Å². The van der Waals surface area contributed by atoms with Crippen molar-refractivity contribution < 1.29 is 0 Å². The highest BCUT2D eigenvalue weighted by Gasteiger charge is 2.35. The van der Waals surface area contributed by atoms with E-state index in [1.165, 1.54) is 48.8 Å². The van der Waals surface area contributed by atoms with Crippen LogP contribution in [0, 0.1) is 6.92 Å². The van der Waals surface area contributed by atoms with Crippen LogP contribution in [0.2, 0.25) is 0 Å². The molecule has 3 unspecified atom stereocenters. The standard InChI is InChI=1S/C16H27N3S/c1-3-14(17)16(15-7-6-12(2)20-15)19-10-9-18-8-4-5-13(18)11-19/h6-7,13-14,16H,3-5,8-11,17H2,1-2H3. The Morgan fingerprint density at radius 2 is 2.20 bits per heavy atom. The summed E-state index contributed by atoms with van der Waals surface area (Å²) >= 11 is 1.92. The van der Waals surface area contributed by atoms with Crippen molar-refractivity contribution >= 4 is 11.3 Å². The Hall–Kier alpha value is -0.420. The molecule has 0 saturated carbocycles. The Labute approximate surface area is 126 Å². The molecule has 0 spiro atoms. The van der Waals surface area contributed by atoms with Crippen molar-refractivity contribution in [2.24, 2.45) is 5.73 Å². The molecule has 20 heavy (non-hydrogen) atoms. The topological polar surface area (TPSA) is 32.5 Å². The van der Waals surface area contributed by atoms with Gasteiger partial charge in [-0.05, 0) is 44.9 Å². The summed E-state index contributed by atoms with van der Waals surface area (Å²) in [6.45, 7) is 9.31. The second-order valence-electron chi connectivity index (χ2n) is 6.29. The summed E-state index contributed by atoms with van der Waals surface area (Å²) in [7, 11) is 0. The molecule has 112 valence electrons. The minimum absolute atomic E-state index is 0.251. The molecule has 3 rings (SSSR count). The van der Waals surface area contributed by atoms with E-state index in [0.717, 1.165) is 12.5 Å². The summed E-state index contributed by atoms with van der Waals surface area (Å²) in [5.74, 6) is 0. The number of hydrogen-bond acceptors (Lipinski definition) is 4. The van der Waals surface area contributed by atoms with E-state index in [4.69, 9.17) is 5.73 Å². The normalized spacial score (nSPS) is 27.4. The van der Waals surface area contributed by atoms with E-state index in [1.807, 2.05) is 11.3 Å². The van der Waals surface area contributed by atoms with Crippen molar-refractivity contribution in [3.63, 3.8) is 0 Å². The Bertz CT molecular complexity index is 445. The van der Waals surface area contributed by atoms with Crippen molar-refractivity contribution in [1.29, 1.82) is 0 Å². The molecule has 2 N–H and O–H groups in total. The first-order valence-corrected chi connectivity index (χ1v) is 8.80. The van der Waals surface area contributed by atoms with Gasteiger partial charge in [0, 0.05) is 41.5 Å². The van der Waals surface area contributed by atoms with Crippen LogP contribution < -0.4 is 5.73 Å². The average Bonchev–Trinajstić information content (AvgIpc) is 3.07. The van der Waals surface area contributed by atoms with E-state index in [9.17, 15) is 0 Å². The van der Waals surface area contributed by atoms with Gasteiger partial charge in [0.15, 0.2) is 0 Å². The van der Waals surface area contributed by atoms with Gasteiger partial charge in [-0.3, -0.25) is 9.80 Å². The summed E-state index contributed by atoms with van der Waals surface area (Å²) in [6.07, 6.45) is 3.79. The molecule has 0 bridgehead atoms. The van der Waals surface area contributed by atoms with Crippen molar-refractivity contribution in [3.05, 3.63) is 21.9 Å². The number of nitrogens with two attached hydrogens (primary N) is 1. The summed E-state index contributed by atoms with van der Waals surface area (Å²) in [5.41, 5.74) is 6.48. The zero-order valence-electron chi connectivity index (χ0n) is 12.7. The van der Waals surface area contributed by atoms with E-state index >= 15 is 0 Å². The first-order valence-electron chi connectivity index (χ1n) is 7.99. The predicted octanol–water partition coefficient (Wildman–Crippen LogP) is 2.61. The number of piperazine rings is 1. The van der Waals surface area contributed by atoms with Gasteiger partial charge in [0.2, 0.25) is 0 Å². The molecule has 2 fully saturated rings. The molecule has 4 heteroatoms. The van der Waals surface area contributed by atoms with Crippen molar-refractivity contribution in [2.45, 2.75) is 51.2 Å². The van der Waals surface area contributed by atoms with E-state index in [2.05, 4.69) is 35.8 Å². The molecule has 2 aliphatic heterocycles. The largest absolute Gasteiger partial charge is 0.326 e. The number of aryl methyl sites for hydroxylation is 1.